The predicted octanol–water partition coefficient (Wildman–Crippen LogP) is 4.80. The molecule has 1 amide bonds. The minimum atomic E-state index is -3.63. The summed E-state index contributed by atoms with van der Waals surface area (Å²) in [6.07, 6.45) is 8.84. The van der Waals surface area contributed by atoms with Gasteiger partial charge in [0, 0.05) is 30.1 Å². The summed E-state index contributed by atoms with van der Waals surface area (Å²) in [4.78, 5) is 16.7. The quantitative estimate of drug-likeness (QED) is 0.297. The fourth-order valence-corrected chi connectivity index (χ4v) is 5.22. The Hall–Kier alpha value is -2.49. The first-order chi connectivity index (χ1) is 17.3. The number of benzene rings is 2. The minimum Gasteiger partial charge on any atom is -0.387 e. The summed E-state index contributed by atoms with van der Waals surface area (Å²) < 4.78 is 25.3. The Morgan fingerprint density at radius 1 is 1.05 bits per heavy atom. The predicted molar refractivity (Wildman–Crippen MR) is 156 cm³/mol. The van der Waals surface area contributed by atoms with Gasteiger partial charge in [0.15, 0.2) is 0 Å². The first-order valence-corrected chi connectivity index (χ1v) is 14.2. The molecule has 0 aliphatic heterocycles. The summed E-state index contributed by atoms with van der Waals surface area (Å²) >= 11 is 0. The van der Waals surface area contributed by atoms with Gasteiger partial charge in [0.05, 0.1) is 12.4 Å². The third-order valence-corrected chi connectivity index (χ3v) is 7.21. The maximum Gasteiger partial charge on any atom is 0.265 e. The summed E-state index contributed by atoms with van der Waals surface area (Å²) in [5.41, 5.74) is 5.40. The molecule has 1 aromatic heterocycles. The second kappa shape index (κ2) is 14.6. The van der Waals surface area contributed by atoms with E-state index in [1.165, 1.54) is 5.56 Å². The van der Waals surface area contributed by atoms with Gasteiger partial charge in [-0.05, 0) is 66.1 Å². The highest BCUT2D eigenvalue weighted by Gasteiger charge is 2.24. The molecule has 1 saturated carbocycles. The molecule has 0 saturated heterocycles. The van der Waals surface area contributed by atoms with Crippen LogP contribution in [0.15, 0.2) is 67.0 Å². The lowest BCUT2D eigenvalue weighted by Crippen LogP contribution is -2.30. The molecule has 1 atom stereocenters. The van der Waals surface area contributed by atoms with E-state index in [2.05, 4.69) is 39.3 Å². The molecule has 2 aromatic carbocycles. The Morgan fingerprint density at radius 2 is 1.74 bits per heavy atom. The molecule has 0 radical (unpaired) electrons. The Bertz CT molecular complexity index is 1280. The monoisotopic (exact) mass is 579 g/mol. The summed E-state index contributed by atoms with van der Waals surface area (Å²) in [5, 5.41) is 13.5. The molecule has 0 bridgehead atoms. The van der Waals surface area contributed by atoms with E-state index in [9.17, 15) is 18.3 Å². The van der Waals surface area contributed by atoms with Crippen molar-refractivity contribution in [3.8, 4) is 11.1 Å². The first kappa shape index (κ1) is 31.7. The van der Waals surface area contributed by atoms with Gasteiger partial charge in [-0.1, -0.05) is 55.3 Å². The van der Waals surface area contributed by atoms with E-state index >= 15 is 0 Å². The number of nitrogens with zero attached hydrogens (tertiary/aromatic N) is 1. The Kier molecular flexibility index (Phi) is 12.2. The third-order valence-electron chi connectivity index (χ3n) is 6.65. The summed E-state index contributed by atoms with van der Waals surface area (Å²) in [7, 11) is -3.63. The number of hydrogen-bond donors (Lipinski definition) is 3. The number of sulfonamides is 1. The van der Waals surface area contributed by atoms with Crippen LogP contribution < -0.4 is 10.0 Å². The molecular formula is C28H35Cl2N3O4S. The molecule has 1 aliphatic rings. The van der Waals surface area contributed by atoms with E-state index in [1.807, 2.05) is 24.3 Å². The Morgan fingerprint density at radius 3 is 2.37 bits per heavy atom. The average Bonchev–Trinajstić information content (AvgIpc) is 3.41. The van der Waals surface area contributed by atoms with Crippen molar-refractivity contribution < 1.29 is 18.3 Å². The number of halogens is 2. The highest BCUT2D eigenvalue weighted by atomic mass is 35.5. The second-order valence-electron chi connectivity index (χ2n) is 9.44. The van der Waals surface area contributed by atoms with Crippen LogP contribution in [0, 0.1) is 0 Å². The highest BCUT2D eigenvalue weighted by molar-refractivity contribution is 7.89. The fourth-order valence-electron chi connectivity index (χ4n) is 4.77. The number of nitrogens with one attached hydrogen (secondary N) is 2. The van der Waals surface area contributed by atoms with Gasteiger partial charge in [0.2, 0.25) is 10.0 Å². The standard InChI is InChI=1S/C28H33N3O4S.2ClH/c1-36(34,35)31-28(33)25-13-12-23(17-26(25)22-5-2-3-6-22)21-10-8-20(9-11-21)14-16-30-19-27(32)24-7-4-15-29-18-24;;/h4,7-13,15,17-18,22,27,30,32H,2-3,5-6,14,16,19H2,1H3,(H,31,33);2*1H/t27-;;/m0../s1. The van der Waals surface area contributed by atoms with Gasteiger partial charge in [-0.3, -0.25) is 9.78 Å². The van der Waals surface area contributed by atoms with Crippen molar-refractivity contribution in [1.29, 1.82) is 0 Å². The van der Waals surface area contributed by atoms with Crippen LogP contribution in [0.4, 0.5) is 0 Å². The topological polar surface area (TPSA) is 108 Å². The molecule has 4 rings (SSSR count). The Labute approximate surface area is 237 Å². The van der Waals surface area contributed by atoms with Crippen LogP contribution in [0.2, 0.25) is 0 Å². The smallest absolute Gasteiger partial charge is 0.265 e. The zero-order valence-electron chi connectivity index (χ0n) is 21.3. The van der Waals surface area contributed by atoms with Gasteiger partial charge in [0.25, 0.3) is 5.91 Å². The van der Waals surface area contributed by atoms with Crippen LogP contribution in [0.3, 0.4) is 0 Å². The number of aliphatic hydroxyl groups excluding tert-OH is 1. The number of aromatic nitrogens is 1. The van der Waals surface area contributed by atoms with E-state index in [4.69, 9.17) is 0 Å². The molecule has 38 heavy (non-hydrogen) atoms. The fraction of sp³-hybridized carbons (Fsp3) is 0.357. The average molecular weight is 581 g/mol. The molecule has 1 heterocycles. The van der Waals surface area contributed by atoms with Gasteiger partial charge in [-0.15, -0.1) is 24.8 Å². The van der Waals surface area contributed by atoms with E-state index in [-0.39, 0.29) is 30.7 Å². The Balaban J connectivity index is 0.00000253. The largest absolute Gasteiger partial charge is 0.387 e. The molecule has 1 fully saturated rings. The summed E-state index contributed by atoms with van der Waals surface area (Å²) in [6.45, 7) is 1.21. The van der Waals surface area contributed by atoms with Crippen molar-refractivity contribution in [2.24, 2.45) is 0 Å². The number of carbonyl (C=O) groups excluding carboxylic acids is 1. The zero-order chi connectivity index (χ0) is 25.5. The normalized spacial score (nSPS) is 14.3. The number of pyridine rings is 1. The van der Waals surface area contributed by atoms with Gasteiger partial charge >= 0.3 is 0 Å². The maximum atomic E-state index is 12.7. The number of rotatable bonds is 10. The summed E-state index contributed by atoms with van der Waals surface area (Å²) in [5.74, 6) is -0.305. The van der Waals surface area contributed by atoms with Crippen molar-refractivity contribution in [3.05, 3.63) is 89.2 Å². The van der Waals surface area contributed by atoms with Crippen LogP contribution in [0.1, 0.15) is 64.8 Å². The minimum absolute atomic E-state index is 0. The SMILES string of the molecule is CS(=O)(=O)NC(=O)c1ccc(-c2ccc(CCNC[C@H](O)c3cccnc3)cc2)cc1C1CCCC1.Cl.Cl. The number of amides is 1. The molecule has 3 aromatic rings. The van der Waals surface area contributed by atoms with Gasteiger partial charge in [0.1, 0.15) is 0 Å². The molecular weight excluding hydrogens is 545 g/mol. The van der Waals surface area contributed by atoms with Gasteiger partial charge < -0.3 is 10.4 Å². The van der Waals surface area contributed by atoms with Crippen molar-refractivity contribution in [3.63, 3.8) is 0 Å². The molecule has 206 valence electrons. The van der Waals surface area contributed by atoms with Crippen molar-refractivity contribution >= 4 is 40.7 Å². The van der Waals surface area contributed by atoms with Crippen molar-refractivity contribution in [2.45, 2.75) is 44.1 Å². The molecule has 7 nitrogen and oxygen atoms in total. The molecule has 1 aliphatic carbocycles. The lowest BCUT2D eigenvalue weighted by molar-refractivity contribution is 0.0980. The molecule has 3 N–H and O–H groups in total. The highest BCUT2D eigenvalue weighted by Crippen LogP contribution is 2.38. The maximum absolute atomic E-state index is 12.7. The first-order valence-electron chi connectivity index (χ1n) is 12.3. The van der Waals surface area contributed by atoms with Crippen LogP contribution in [-0.2, 0) is 16.4 Å². The molecule has 10 heteroatoms. The van der Waals surface area contributed by atoms with Gasteiger partial charge in [-0.25, -0.2) is 13.1 Å². The van der Waals surface area contributed by atoms with E-state index < -0.39 is 22.0 Å². The van der Waals surface area contributed by atoms with E-state index in [0.717, 1.165) is 67.2 Å². The van der Waals surface area contributed by atoms with Gasteiger partial charge in [-0.2, -0.15) is 0 Å². The van der Waals surface area contributed by atoms with Crippen LogP contribution in [0.25, 0.3) is 11.1 Å². The lowest BCUT2D eigenvalue weighted by atomic mass is 9.89. The molecule has 0 spiro atoms. The number of hydrogen-bond acceptors (Lipinski definition) is 6. The second-order valence-corrected chi connectivity index (χ2v) is 11.2. The third kappa shape index (κ3) is 8.78. The van der Waals surface area contributed by atoms with Crippen molar-refractivity contribution in [2.75, 3.05) is 19.3 Å². The van der Waals surface area contributed by atoms with Crippen LogP contribution in [0.5, 0.6) is 0 Å². The zero-order valence-corrected chi connectivity index (χ0v) is 23.7. The van der Waals surface area contributed by atoms with Crippen LogP contribution in [-0.4, -0.2) is 43.8 Å². The van der Waals surface area contributed by atoms with Crippen LogP contribution >= 0.6 is 24.8 Å². The molecule has 0 unspecified atom stereocenters. The van der Waals surface area contributed by atoms with E-state index in [0.29, 0.717) is 12.1 Å². The number of aliphatic hydroxyl groups is 1. The summed E-state index contributed by atoms with van der Waals surface area (Å²) in [6, 6.07) is 17.7. The number of carbonyl (C=O) groups is 1. The van der Waals surface area contributed by atoms with E-state index in [1.54, 1.807) is 18.5 Å². The van der Waals surface area contributed by atoms with Crippen molar-refractivity contribution in [1.82, 2.24) is 15.0 Å². The lowest BCUT2D eigenvalue weighted by Gasteiger charge is -2.17.